The van der Waals surface area contributed by atoms with Crippen molar-refractivity contribution in [2.24, 2.45) is 13.0 Å². The van der Waals surface area contributed by atoms with Gasteiger partial charge in [0.05, 0.1) is 24.6 Å². The van der Waals surface area contributed by atoms with Crippen LogP contribution in [-0.4, -0.2) is 65.2 Å². The van der Waals surface area contributed by atoms with Crippen molar-refractivity contribution in [3.8, 4) is 0 Å². The zero-order valence-electron chi connectivity index (χ0n) is 28.4. The molecule has 44 heavy (non-hydrogen) atoms. The molecule has 1 atom stereocenters. The average Bonchev–Trinajstić information content (AvgIpc) is 3.05. The average molecular weight is 614 g/mol. The highest BCUT2D eigenvalue weighted by atomic mass is 19.3. The Hall–Kier alpha value is -3.31. The summed E-state index contributed by atoms with van der Waals surface area (Å²) in [6, 6.07) is 5.85. The van der Waals surface area contributed by atoms with E-state index in [0.717, 1.165) is 36.9 Å². The Morgan fingerprint density at radius 1 is 0.955 bits per heavy atom. The number of piperidine rings is 1. The first-order valence-electron chi connectivity index (χ1n) is 17.4. The first-order valence-corrected chi connectivity index (χ1v) is 15.9. The summed E-state index contributed by atoms with van der Waals surface area (Å²) < 4.78 is 65.5. The molecule has 9 nitrogen and oxygen atoms in total. The summed E-state index contributed by atoms with van der Waals surface area (Å²) in [5.41, 5.74) is -0.307. The summed E-state index contributed by atoms with van der Waals surface area (Å²) in [6.45, 7) is 1.57. The predicted octanol–water partition coefficient (Wildman–Crippen LogP) is 4.87. The third-order valence-electron chi connectivity index (χ3n) is 9.47. The van der Waals surface area contributed by atoms with E-state index in [-0.39, 0.29) is 28.0 Å². The quantitative estimate of drug-likeness (QED) is 0.419. The molecular weight excluding hydrogens is 566 g/mol. The lowest BCUT2D eigenvalue weighted by Gasteiger charge is -2.36. The highest BCUT2D eigenvalue weighted by Gasteiger charge is 2.42. The zero-order chi connectivity index (χ0) is 33.3. The van der Waals surface area contributed by atoms with Gasteiger partial charge in [-0.1, -0.05) is 37.5 Å². The monoisotopic (exact) mass is 613 g/mol. The Bertz CT molecular complexity index is 1700. The zero-order valence-corrected chi connectivity index (χ0v) is 25.4. The van der Waals surface area contributed by atoms with E-state index < -0.39 is 30.3 Å². The van der Waals surface area contributed by atoms with E-state index in [1.165, 1.54) is 35.9 Å². The van der Waals surface area contributed by atoms with E-state index in [9.17, 15) is 9.59 Å². The number of aromatic nitrogens is 3. The third-order valence-corrected chi connectivity index (χ3v) is 9.47. The molecule has 0 amide bonds. The molecule has 238 valence electrons. The van der Waals surface area contributed by atoms with E-state index in [1.807, 2.05) is 4.90 Å². The van der Waals surface area contributed by atoms with E-state index in [0.29, 0.717) is 76.3 Å². The molecule has 0 unspecified atom stereocenters. The fourth-order valence-electron chi connectivity index (χ4n) is 6.85. The van der Waals surface area contributed by atoms with Crippen molar-refractivity contribution in [2.45, 2.75) is 70.3 Å². The minimum atomic E-state index is -3.13. The second kappa shape index (κ2) is 13.0. The molecule has 2 saturated heterocycles. The van der Waals surface area contributed by atoms with Gasteiger partial charge in [0.15, 0.2) is 5.82 Å². The van der Waals surface area contributed by atoms with Gasteiger partial charge in [-0.2, -0.15) is 5.10 Å². The number of hydrogen-bond acceptors (Lipinski definition) is 7. The number of anilines is 2. The maximum Gasteiger partial charge on any atom is 0.291 e. The van der Waals surface area contributed by atoms with E-state index >= 15 is 8.78 Å². The Morgan fingerprint density at radius 2 is 1.68 bits per heavy atom. The van der Waals surface area contributed by atoms with Crippen LogP contribution in [0.2, 0.25) is 0 Å². The van der Waals surface area contributed by atoms with Gasteiger partial charge in [0.1, 0.15) is 11.2 Å². The maximum atomic E-state index is 16.0. The van der Waals surface area contributed by atoms with Gasteiger partial charge in [-0.15, -0.1) is 0 Å². The maximum absolute atomic E-state index is 16.0. The molecule has 2 aromatic heterocycles. The molecule has 0 aliphatic carbocycles. The lowest BCUT2D eigenvalue weighted by Crippen LogP contribution is -2.41. The molecule has 4 aliphatic heterocycles. The largest absolute Gasteiger partial charge is 0.378 e. The number of aryl methyl sites for hydroxylation is 2. The summed E-state index contributed by atoms with van der Waals surface area (Å²) in [7, 11) is 1.45. The fraction of sp³-hybridized carbons (Fsp3) is 0.606. The van der Waals surface area contributed by atoms with E-state index in [2.05, 4.69) is 15.3 Å². The molecule has 8 bridgehead atoms. The molecule has 3 aromatic rings. The Labute approximate surface area is 261 Å². The second-order valence-electron chi connectivity index (χ2n) is 12.3. The van der Waals surface area contributed by atoms with Crippen LogP contribution in [0.5, 0.6) is 0 Å². The molecule has 1 aromatic carbocycles. The van der Waals surface area contributed by atoms with Crippen LogP contribution < -0.4 is 21.3 Å². The summed E-state index contributed by atoms with van der Waals surface area (Å²) in [4.78, 5) is 31.8. The van der Waals surface area contributed by atoms with Crippen LogP contribution in [0.25, 0.3) is 10.9 Å². The topological polar surface area (TPSA) is 84.6 Å². The smallest absolute Gasteiger partial charge is 0.291 e. The molecule has 7 rings (SSSR count). The van der Waals surface area contributed by atoms with Crippen molar-refractivity contribution in [1.29, 1.82) is 0 Å². The number of benzene rings is 1. The van der Waals surface area contributed by atoms with E-state index in [1.54, 1.807) is 6.07 Å². The van der Waals surface area contributed by atoms with E-state index in [4.69, 9.17) is 8.85 Å². The van der Waals surface area contributed by atoms with Gasteiger partial charge in [0.2, 0.25) is 0 Å². The summed E-state index contributed by atoms with van der Waals surface area (Å²) in [6.07, 6.45) is 5.19. The fourth-order valence-corrected chi connectivity index (χ4v) is 6.85. The van der Waals surface area contributed by atoms with Gasteiger partial charge >= 0.3 is 0 Å². The van der Waals surface area contributed by atoms with Gasteiger partial charge in [0.25, 0.3) is 17.0 Å². The number of nitrogens with one attached hydrogen (secondary N) is 1. The molecular formula is C33H44F2N6O3. The minimum Gasteiger partial charge on any atom is -0.378 e. The van der Waals surface area contributed by atoms with Crippen LogP contribution in [-0.2, 0) is 24.3 Å². The molecule has 11 heteroatoms. The molecule has 4 aliphatic rings. The van der Waals surface area contributed by atoms with Crippen LogP contribution in [0.4, 0.5) is 20.3 Å². The summed E-state index contributed by atoms with van der Waals surface area (Å²) in [5, 5.41) is 7.77. The van der Waals surface area contributed by atoms with Crippen LogP contribution in [0, 0.1) is 5.92 Å². The number of hydrogen-bond donors (Lipinski definition) is 1. The standard InChI is InChI=1S/C33H44F2N6O3/c1-23-24-9-8-10-26(21-24)33(34,35)25-11-15-39(16-12-25)13-6-4-3-5-7-14-41-29-27(30(36-23)37-38(2)32(29)43)22-28(31(41)42)40-17-19-44-20-18-40/h8-10,21-23,25H,3-7,11-20H2,1-2H3,(H,36,37)/t23-/m1/s1/i1D3. The number of halogens is 2. The molecule has 1 N–H and O–H groups in total. The van der Waals surface area contributed by atoms with Gasteiger partial charge in [-0.3, -0.25) is 9.59 Å². The second-order valence-corrected chi connectivity index (χ2v) is 12.3. The van der Waals surface area contributed by atoms with Crippen molar-refractivity contribution in [1.82, 2.24) is 19.2 Å². The van der Waals surface area contributed by atoms with Gasteiger partial charge in [0, 0.05) is 42.3 Å². The highest BCUT2D eigenvalue weighted by molar-refractivity contribution is 5.91. The molecule has 6 heterocycles. The number of pyridine rings is 1. The van der Waals surface area contributed by atoms with Gasteiger partial charge < -0.3 is 24.4 Å². The molecule has 2 fully saturated rings. The third kappa shape index (κ3) is 6.13. The first-order chi connectivity index (χ1) is 22.4. The van der Waals surface area contributed by atoms with Crippen molar-refractivity contribution in [3.05, 3.63) is 62.2 Å². The number of morpholine rings is 1. The van der Waals surface area contributed by atoms with Crippen molar-refractivity contribution in [2.75, 3.05) is 56.2 Å². The van der Waals surface area contributed by atoms with Gasteiger partial charge in [-0.05, 0) is 69.9 Å². The van der Waals surface area contributed by atoms with Crippen LogP contribution in [0.1, 0.15) is 73.1 Å². The SMILES string of the molecule is [2H]C([2H])([2H])[C@H]1Nc2nn(C)c(=O)c3c2cc(N2CCOCC2)c(=O)n3CCCCCCCN2CCC(CC2)C(F)(F)c2cccc1c2. The summed E-state index contributed by atoms with van der Waals surface area (Å²) >= 11 is 0. The van der Waals surface area contributed by atoms with Crippen molar-refractivity contribution in [3.63, 3.8) is 0 Å². The Morgan fingerprint density at radius 3 is 2.43 bits per heavy atom. The molecule has 0 radical (unpaired) electrons. The van der Waals surface area contributed by atoms with Crippen molar-refractivity contribution >= 4 is 22.4 Å². The molecule has 0 spiro atoms. The number of fused-ring (bicyclic) bond motifs is 9. The molecule has 0 saturated carbocycles. The Kier molecular flexibility index (Phi) is 7.97. The van der Waals surface area contributed by atoms with Crippen LogP contribution in [0.3, 0.4) is 0 Å². The first kappa shape index (κ1) is 27.0. The number of rotatable bonds is 1. The lowest BCUT2D eigenvalue weighted by molar-refractivity contribution is -0.0855. The predicted molar refractivity (Wildman–Crippen MR) is 169 cm³/mol. The van der Waals surface area contributed by atoms with Crippen LogP contribution >= 0.6 is 0 Å². The van der Waals surface area contributed by atoms with Crippen molar-refractivity contribution < 1.29 is 17.6 Å². The van der Waals surface area contributed by atoms with Crippen LogP contribution in [0.15, 0.2) is 39.9 Å². The normalized spacial score (nSPS) is 26.3. The Balaban J connectivity index is 1.51. The summed E-state index contributed by atoms with van der Waals surface area (Å²) in [5.74, 6) is -3.89. The number of nitrogens with zero attached hydrogens (tertiary/aromatic N) is 5. The van der Waals surface area contributed by atoms with Gasteiger partial charge in [-0.25, -0.2) is 13.5 Å². The highest BCUT2D eigenvalue weighted by Crippen LogP contribution is 2.42. The lowest BCUT2D eigenvalue weighted by atomic mass is 9.85. The number of ether oxygens (including phenoxy) is 1. The minimum absolute atomic E-state index is 0.0851. The number of alkyl halides is 2.